The largest absolute Gasteiger partial charge is 0.491 e. The summed E-state index contributed by atoms with van der Waals surface area (Å²) in [7, 11) is 1.31. The SMILES string of the molecule is COC(=O)C(N)COc1cc(C)ccc1C. The van der Waals surface area contributed by atoms with Crippen molar-refractivity contribution in [3.63, 3.8) is 0 Å². The number of hydrogen-bond donors (Lipinski definition) is 1. The van der Waals surface area contributed by atoms with Crippen LogP contribution < -0.4 is 10.5 Å². The van der Waals surface area contributed by atoms with Crippen molar-refractivity contribution >= 4 is 5.97 Å². The number of methoxy groups -OCH3 is 1. The van der Waals surface area contributed by atoms with Gasteiger partial charge in [-0.15, -0.1) is 0 Å². The highest BCUT2D eigenvalue weighted by Crippen LogP contribution is 2.19. The van der Waals surface area contributed by atoms with Gasteiger partial charge in [-0.2, -0.15) is 0 Å². The van der Waals surface area contributed by atoms with Crippen molar-refractivity contribution < 1.29 is 14.3 Å². The highest BCUT2D eigenvalue weighted by atomic mass is 16.5. The van der Waals surface area contributed by atoms with Crippen LogP contribution in [0.4, 0.5) is 0 Å². The molecule has 4 heteroatoms. The number of carbonyl (C=O) groups is 1. The van der Waals surface area contributed by atoms with Crippen molar-refractivity contribution in [3.05, 3.63) is 29.3 Å². The topological polar surface area (TPSA) is 61.5 Å². The van der Waals surface area contributed by atoms with Crippen LogP contribution in [0, 0.1) is 13.8 Å². The lowest BCUT2D eigenvalue weighted by Gasteiger charge is -2.13. The van der Waals surface area contributed by atoms with E-state index in [0.717, 1.165) is 16.9 Å². The van der Waals surface area contributed by atoms with Gasteiger partial charge in [0.2, 0.25) is 0 Å². The number of carbonyl (C=O) groups excluding carboxylic acids is 1. The molecule has 1 atom stereocenters. The highest BCUT2D eigenvalue weighted by Gasteiger charge is 2.14. The Morgan fingerprint density at radius 2 is 2.12 bits per heavy atom. The molecule has 1 aromatic rings. The zero-order valence-corrected chi connectivity index (χ0v) is 9.82. The Bertz CT molecular complexity index is 377. The van der Waals surface area contributed by atoms with Crippen LogP contribution in [0.5, 0.6) is 5.75 Å². The molecule has 4 nitrogen and oxygen atoms in total. The minimum atomic E-state index is -0.745. The first kappa shape index (κ1) is 12.5. The predicted molar refractivity (Wildman–Crippen MR) is 61.4 cm³/mol. The third-order valence-electron chi connectivity index (χ3n) is 2.27. The molecule has 1 unspecified atom stereocenters. The number of hydrogen-bond acceptors (Lipinski definition) is 4. The van der Waals surface area contributed by atoms with Crippen LogP contribution in [0.3, 0.4) is 0 Å². The quantitative estimate of drug-likeness (QED) is 0.779. The normalized spacial score (nSPS) is 12.0. The average molecular weight is 223 g/mol. The van der Waals surface area contributed by atoms with Gasteiger partial charge in [-0.1, -0.05) is 12.1 Å². The fourth-order valence-corrected chi connectivity index (χ4v) is 1.26. The van der Waals surface area contributed by atoms with Gasteiger partial charge in [0.05, 0.1) is 7.11 Å². The van der Waals surface area contributed by atoms with Crippen molar-refractivity contribution in [1.82, 2.24) is 0 Å². The lowest BCUT2D eigenvalue weighted by atomic mass is 10.1. The van der Waals surface area contributed by atoms with Crippen LogP contribution in [-0.4, -0.2) is 25.7 Å². The lowest BCUT2D eigenvalue weighted by Crippen LogP contribution is -2.37. The van der Waals surface area contributed by atoms with Gasteiger partial charge in [0, 0.05) is 0 Å². The number of nitrogens with two attached hydrogens (primary N) is 1. The molecule has 0 saturated carbocycles. The number of ether oxygens (including phenoxy) is 2. The van der Waals surface area contributed by atoms with Crippen LogP contribution in [-0.2, 0) is 9.53 Å². The Balaban J connectivity index is 2.60. The van der Waals surface area contributed by atoms with E-state index in [1.807, 2.05) is 32.0 Å². The molecule has 16 heavy (non-hydrogen) atoms. The molecular weight excluding hydrogens is 206 g/mol. The van der Waals surface area contributed by atoms with Gasteiger partial charge < -0.3 is 15.2 Å². The summed E-state index contributed by atoms with van der Waals surface area (Å²) in [6.45, 7) is 4.04. The van der Waals surface area contributed by atoms with Crippen molar-refractivity contribution in [2.45, 2.75) is 19.9 Å². The number of esters is 1. The molecule has 0 saturated heterocycles. The molecule has 1 aromatic carbocycles. The minimum absolute atomic E-state index is 0.122. The second kappa shape index (κ2) is 5.51. The first-order valence-electron chi connectivity index (χ1n) is 5.08. The lowest BCUT2D eigenvalue weighted by molar-refractivity contribution is -0.142. The molecule has 0 radical (unpaired) electrons. The van der Waals surface area contributed by atoms with Crippen molar-refractivity contribution in [2.75, 3.05) is 13.7 Å². The zero-order valence-electron chi connectivity index (χ0n) is 9.82. The molecule has 0 aliphatic rings. The summed E-state index contributed by atoms with van der Waals surface area (Å²) in [4.78, 5) is 11.1. The van der Waals surface area contributed by atoms with E-state index < -0.39 is 12.0 Å². The van der Waals surface area contributed by atoms with Gasteiger partial charge in [0.15, 0.2) is 0 Å². The van der Waals surface area contributed by atoms with Crippen LogP contribution in [0.15, 0.2) is 18.2 Å². The Morgan fingerprint density at radius 3 is 2.75 bits per heavy atom. The van der Waals surface area contributed by atoms with Gasteiger partial charge in [-0.3, -0.25) is 4.79 Å². The summed E-state index contributed by atoms with van der Waals surface area (Å²) in [6, 6.07) is 5.14. The van der Waals surface area contributed by atoms with Crippen LogP contribution in [0.25, 0.3) is 0 Å². The number of rotatable bonds is 4. The van der Waals surface area contributed by atoms with E-state index in [1.165, 1.54) is 7.11 Å². The molecule has 0 fully saturated rings. The van der Waals surface area contributed by atoms with E-state index in [0.29, 0.717) is 0 Å². The summed E-state index contributed by atoms with van der Waals surface area (Å²) in [6.07, 6.45) is 0. The number of aryl methyl sites for hydroxylation is 2. The van der Waals surface area contributed by atoms with Crippen molar-refractivity contribution in [3.8, 4) is 5.75 Å². The first-order chi connectivity index (χ1) is 7.54. The van der Waals surface area contributed by atoms with Gasteiger partial charge in [-0.25, -0.2) is 0 Å². The highest BCUT2D eigenvalue weighted by molar-refractivity contribution is 5.75. The van der Waals surface area contributed by atoms with Crippen molar-refractivity contribution in [1.29, 1.82) is 0 Å². The Labute approximate surface area is 95.3 Å². The summed E-state index contributed by atoms with van der Waals surface area (Å²) in [5.41, 5.74) is 7.68. The average Bonchev–Trinajstić information content (AvgIpc) is 2.28. The van der Waals surface area contributed by atoms with E-state index in [1.54, 1.807) is 0 Å². The standard InChI is InChI=1S/C12H17NO3/c1-8-4-5-9(2)11(6-8)16-7-10(13)12(14)15-3/h4-6,10H,7,13H2,1-3H3. The van der Waals surface area contributed by atoms with E-state index in [-0.39, 0.29) is 6.61 Å². The third kappa shape index (κ3) is 3.24. The molecule has 1 rings (SSSR count). The molecule has 88 valence electrons. The maximum atomic E-state index is 11.1. The maximum Gasteiger partial charge on any atom is 0.326 e. The van der Waals surface area contributed by atoms with Crippen LogP contribution in [0.1, 0.15) is 11.1 Å². The Morgan fingerprint density at radius 1 is 1.44 bits per heavy atom. The van der Waals surface area contributed by atoms with Crippen LogP contribution >= 0.6 is 0 Å². The maximum absolute atomic E-state index is 11.1. The zero-order chi connectivity index (χ0) is 12.1. The molecule has 0 aliphatic heterocycles. The van der Waals surface area contributed by atoms with Crippen LogP contribution in [0.2, 0.25) is 0 Å². The third-order valence-corrected chi connectivity index (χ3v) is 2.27. The predicted octanol–water partition coefficient (Wildman–Crippen LogP) is 1.18. The number of benzene rings is 1. The summed E-state index contributed by atoms with van der Waals surface area (Å²) in [5.74, 6) is 0.282. The van der Waals surface area contributed by atoms with Crippen molar-refractivity contribution in [2.24, 2.45) is 5.73 Å². The molecule has 0 amide bonds. The summed E-state index contributed by atoms with van der Waals surface area (Å²) < 4.78 is 9.99. The van der Waals surface area contributed by atoms with E-state index >= 15 is 0 Å². The second-order valence-corrected chi connectivity index (χ2v) is 3.71. The minimum Gasteiger partial charge on any atom is -0.491 e. The molecule has 2 N–H and O–H groups in total. The van der Waals surface area contributed by atoms with E-state index in [4.69, 9.17) is 10.5 Å². The first-order valence-corrected chi connectivity index (χ1v) is 5.08. The fourth-order valence-electron chi connectivity index (χ4n) is 1.26. The molecule has 0 heterocycles. The smallest absolute Gasteiger partial charge is 0.326 e. The molecule has 0 spiro atoms. The summed E-state index contributed by atoms with van der Waals surface area (Å²) >= 11 is 0. The van der Waals surface area contributed by atoms with E-state index in [9.17, 15) is 4.79 Å². The summed E-state index contributed by atoms with van der Waals surface area (Å²) in [5, 5.41) is 0. The Hall–Kier alpha value is -1.55. The monoisotopic (exact) mass is 223 g/mol. The molecular formula is C12H17NO3. The van der Waals surface area contributed by atoms with Gasteiger partial charge in [0.1, 0.15) is 18.4 Å². The van der Waals surface area contributed by atoms with E-state index in [2.05, 4.69) is 4.74 Å². The van der Waals surface area contributed by atoms with Gasteiger partial charge in [0.25, 0.3) is 0 Å². The molecule has 0 bridgehead atoms. The Kier molecular flexibility index (Phi) is 4.31. The second-order valence-electron chi connectivity index (χ2n) is 3.71. The fraction of sp³-hybridized carbons (Fsp3) is 0.417. The van der Waals surface area contributed by atoms with Gasteiger partial charge >= 0.3 is 5.97 Å². The molecule has 0 aromatic heterocycles. The van der Waals surface area contributed by atoms with Gasteiger partial charge in [-0.05, 0) is 31.0 Å². The molecule has 0 aliphatic carbocycles.